The number of para-hydroxylation sites is 1. The van der Waals surface area contributed by atoms with Gasteiger partial charge in [-0.15, -0.1) is 0 Å². The highest BCUT2D eigenvalue weighted by Gasteiger charge is 2.54. The third-order valence-electron chi connectivity index (χ3n) is 9.66. The SMILES string of the molecule is C[C@]12CC[C@@H]3c4cc(C/C(=N\NC(=S)Nc5ccccc5)c5ccccc5)c(O)cc4CC[C@H]3[C@@H]1CC[C@@H]2O. The van der Waals surface area contributed by atoms with E-state index in [9.17, 15) is 10.2 Å². The summed E-state index contributed by atoms with van der Waals surface area (Å²) < 4.78 is 0. The van der Waals surface area contributed by atoms with Crippen LogP contribution in [0.5, 0.6) is 5.75 Å². The third kappa shape index (κ3) is 5.08. The molecule has 0 unspecified atom stereocenters. The van der Waals surface area contributed by atoms with E-state index in [2.05, 4.69) is 23.7 Å². The predicted molar refractivity (Wildman–Crippen MR) is 161 cm³/mol. The molecule has 5 nitrogen and oxygen atoms in total. The van der Waals surface area contributed by atoms with Gasteiger partial charge in [-0.3, -0.25) is 5.43 Å². The zero-order valence-corrected chi connectivity index (χ0v) is 23.3. The number of aliphatic hydroxyl groups excluding tert-OH is 1. The fourth-order valence-electron chi connectivity index (χ4n) is 7.59. The molecule has 3 aromatic carbocycles. The summed E-state index contributed by atoms with van der Waals surface area (Å²) in [5.74, 6) is 2.02. The normalized spacial score (nSPS) is 27.7. The Kier molecular flexibility index (Phi) is 7.17. The van der Waals surface area contributed by atoms with Crippen LogP contribution in [0.25, 0.3) is 0 Å². The number of nitrogens with zero attached hydrogens (tertiary/aromatic N) is 1. The van der Waals surface area contributed by atoms with Crippen molar-refractivity contribution in [1.29, 1.82) is 0 Å². The molecule has 0 aliphatic heterocycles. The predicted octanol–water partition coefficient (Wildman–Crippen LogP) is 6.54. The molecular formula is C33H37N3O2S. The molecule has 0 spiro atoms. The first-order valence-electron chi connectivity index (χ1n) is 14.2. The van der Waals surface area contributed by atoms with E-state index in [0.717, 1.165) is 61.1 Å². The van der Waals surface area contributed by atoms with Gasteiger partial charge in [-0.05, 0) is 109 Å². The van der Waals surface area contributed by atoms with Crippen LogP contribution in [0.3, 0.4) is 0 Å². The van der Waals surface area contributed by atoms with Gasteiger partial charge in [-0.25, -0.2) is 0 Å². The monoisotopic (exact) mass is 539 g/mol. The topological polar surface area (TPSA) is 76.9 Å². The molecule has 3 aliphatic carbocycles. The molecule has 202 valence electrons. The highest BCUT2D eigenvalue weighted by Crippen LogP contribution is 2.61. The molecule has 0 radical (unpaired) electrons. The van der Waals surface area contributed by atoms with Crippen LogP contribution in [0.4, 0.5) is 5.69 Å². The van der Waals surface area contributed by atoms with Gasteiger partial charge in [0.15, 0.2) is 5.11 Å². The van der Waals surface area contributed by atoms with Gasteiger partial charge in [0.25, 0.3) is 0 Å². The van der Waals surface area contributed by atoms with Gasteiger partial charge in [0.2, 0.25) is 0 Å². The summed E-state index contributed by atoms with van der Waals surface area (Å²) >= 11 is 5.50. The minimum atomic E-state index is -0.167. The van der Waals surface area contributed by atoms with Gasteiger partial charge in [0.05, 0.1) is 11.8 Å². The summed E-state index contributed by atoms with van der Waals surface area (Å²) in [5, 5.41) is 30.2. The van der Waals surface area contributed by atoms with Gasteiger partial charge in [-0.2, -0.15) is 5.10 Å². The second kappa shape index (κ2) is 10.7. The number of phenols is 1. The molecule has 0 saturated heterocycles. The molecule has 2 saturated carbocycles. The number of aryl methyl sites for hydroxylation is 1. The molecule has 6 rings (SSSR count). The zero-order valence-electron chi connectivity index (χ0n) is 22.4. The molecule has 0 aromatic heterocycles. The lowest BCUT2D eigenvalue weighted by Gasteiger charge is -2.50. The zero-order chi connectivity index (χ0) is 27.0. The first kappa shape index (κ1) is 26.0. The van der Waals surface area contributed by atoms with Crippen LogP contribution in [-0.4, -0.2) is 27.1 Å². The minimum absolute atomic E-state index is 0.0590. The van der Waals surface area contributed by atoms with Crippen molar-refractivity contribution in [1.82, 2.24) is 5.43 Å². The van der Waals surface area contributed by atoms with Crippen molar-refractivity contribution in [2.75, 3.05) is 5.32 Å². The van der Waals surface area contributed by atoms with Crippen molar-refractivity contribution in [2.24, 2.45) is 22.4 Å². The second-order valence-electron chi connectivity index (χ2n) is 11.8. The molecular weight excluding hydrogens is 502 g/mol. The maximum absolute atomic E-state index is 11.1. The fourth-order valence-corrected chi connectivity index (χ4v) is 7.75. The average Bonchev–Trinajstić information content (AvgIpc) is 3.26. The van der Waals surface area contributed by atoms with Crippen LogP contribution < -0.4 is 10.7 Å². The second-order valence-corrected chi connectivity index (χ2v) is 12.2. The highest BCUT2D eigenvalue weighted by molar-refractivity contribution is 7.80. The van der Waals surface area contributed by atoms with Crippen molar-refractivity contribution in [3.63, 3.8) is 0 Å². The fraction of sp³-hybridized carbons (Fsp3) is 0.394. The Morgan fingerprint density at radius 2 is 1.74 bits per heavy atom. The van der Waals surface area contributed by atoms with E-state index in [0.29, 0.717) is 35.0 Å². The molecule has 2 fully saturated rings. The first-order chi connectivity index (χ1) is 18.9. The Hall–Kier alpha value is -3.22. The number of nitrogens with one attached hydrogen (secondary N) is 2. The average molecular weight is 540 g/mol. The number of benzene rings is 3. The van der Waals surface area contributed by atoms with E-state index >= 15 is 0 Å². The Morgan fingerprint density at radius 1 is 1.00 bits per heavy atom. The van der Waals surface area contributed by atoms with Crippen molar-refractivity contribution in [2.45, 2.75) is 63.9 Å². The van der Waals surface area contributed by atoms with Crippen LogP contribution >= 0.6 is 12.2 Å². The van der Waals surface area contributed by atoms with Gasteiger partial charge in [-0.1, -0.05) is 61.5 Å². The number of anilines is 1. The van der Waals surface area contributed by atoms with Crippen molar-refractivity contribution < 1.29 is 10.2 Å². The molecule has 0 bridgehead atoms. The van der Waals surface area contributed by atoms with Crippen LogP contribution in [0, 0.1) is 17.3 Å². The van der Waals surface area contributed by atoms with Crippen LogP contribution in [0.1, 0.15) is 67.2 Å². The summed E-state index contributed by atoms with van der Waals surface area (Å²) in [5.41, 5.74) is 9.32. The number of phenolic OH excluding ortho intramolecular Hbond substituents is 1. The summed E-state index contributed by atoms with van der Waals surface area (Å²) in [6.45, 7) is 2.32. The number of thiocarbonyl (C=S) groups is 1. The number of rotatable bonds is 5. The summed E-state index contributed by atoms with van der Waals surface area (Å²) in [4.78, 5) is 0. The quantitative estimate of drug-likeness (QED) is 0.168. The van der Waals surface area contributed by atoms with Crippen molar-refractivity contribution in [3.05, 3.63) is 95.1 Å². The van der Waals surface area contributed by atoms with Crippen LogP contribution in [0.2, 0.25) is 0 Å². The Balaban J connectivity index is 1.27. The van der Waals surface area contributed by atoms with Gasteiger partial charge >= 0.3 is 0 Å². The summed E-state index contributed by atoms with van der Waals surface area (Å²) in [6, 6.07) is 24.1. The summed E-state index contributed by atoms with van der Waals surface area (Å²) in [6.07, 6.45) is 6.70. The maximum Gasteiger partial charge on any atom is 0.191 e. The molecule has 3 aliphatic rings. The minimum Gasteiger partial charge on any atom is -0.508 e. The highest BCUT2D eigenvalue weighted by atomic mass is 32.1. The number of hydrogen-bond acceptors (Lipinski definition) is 4. The lowest BCUT2D eigenvalue weighted by molar-refractivity contribution is -0.0226. The van der Waals surface area contributed by atoms with E-state index in [1.54, 1.807) is 0 Å². The number of hydrogen-bond donors (Lipinski definition) is 4. The number of fused-ring (bicyclic) bond motifs is 5. The third-order valence-corrected chi connectivity index (χ3v) is 9.86. The van der Waals surface area contributed by atoms with E-state index in [1.165, 1.54) is 11.1 Å². The Labute approximate surface area is 236 Å². The molecule has 6 heteroatoms. The number of hydrazone groups is 1. The standard InChI is InChI=1S/C33H37N3O2S/c1-33-17-16-25-26(28(33)14-15-31(33)38)13-12-22-20-30(37)23(18-27(22)25)19-29(21-8-4-2-5-9-21)35-36-32(39)34-24-10-6-3-7-11-24/h2-11,18,20,25-26,28,31,37-38H,12-17,19H2,1H3,(H2,34,36,39)/b35-29+/t25-,26+,28-,31-,33-/m0/s1. The Morgan fingerprint density at radius 3 is 2.51 bits per heavy atom. The van der Waals surface area contributed by atoms with Crippen LogP contribution in [-0.2, 0) is 12.8 Å². The largest absolute Gasteiger partial charge is 0.508 e. The first-order valence-corrected chi connectivity index (χ1v) is 14.6. The van der Waals surface area contributed by atoms with Gasteiger partial charge in [0, 0.05) is 17.7 Å². The van der Waals surface area contributed by atoms with Gasteiger partial charge in [0.1, 0.15) is 5.75 Å². The van der Waals surface area contributed by atoms with Crippen molar-refractivity contribution in [3.8, 4) is 5.75 Å². The molecule has 39 heavy (non-hydrogen) atoms. The van der Waals surface area contributed by atoms with E-state index in [4.69, 9.17) is 17.3 Å². The molecule has 0 heterocycles. The Bertz CT molecular complexity index is 1380. The smallest absolute Gasteiger partial charge is 0.191 e. The van der Waals surface area contributed by atoms with Crippen LogP contribution in [0.15, 0.2) is 77.9 Å². The van der Waals surface area contributed by atoms with E-state index < -0.39 is 0 Å². The van der Waals surface area contributed by atoms with E-state index in [1.807, 2.05) is 66.7 Å². The van der Waals surface area contributed by atoms with Crippen molar-refractivity contribution >= 4 is 28.7 Å². The molecule has 0 amide bonds. The number of aromatic hydroxyl groups is 1. The number of aliphatic hydroxyl groups is 1. The molecule has 4 N–H and O–H groups in total. The lowest BCUT2D eigenvalue weighted by Crippen LogP contribution is -2.43. The van der Waals surface area contributed by atoms with E-state index in [-0.39, 0.29) is 11.5 Å². The van der Waals surface area contributed by atoms with Gasteiger partial charge < -0.3 is 15.5 Å². The molecule has 3 aromatic rings. The summed E-state index contributed by atoms with van der Waals surface area (Å²) in [7, 11) is 0. The lowest BCUT2D eigenvalue weighted by atomic mass is 9.55. The molecule has 5 atom stereocenters. The maximum atomic E-state index is 11.1.